The lowest BCUT2D eigenvalue weighted by Crippen LogP contribution is -2.48. The quantitative estimate of drug-likeness (QED) is 0.920. The fraction of sp³-hybridized carbons (Fsp3) is 0.444. The van der Waals surface area contributed by atoms with E-state index in [1.54, 1.807) is 0 Å². The predicted molar refractivity (Wildman–Crippen MR) is 83.2 cm³/mol. The van der Waals surface area contributed by atoms with Crippen LogP contribution in [0, 0.1) is 0 Å². The van der Waals surface area contributed by atoms with E-state index < -0.39 is 6.10 Å². The van der Waals surface area contributed by atoms with Crippen molar-refractivity contribution >= 4 is 10.8 Å². The van der Waals surface area contributed by atoms with Gasteiger partial charge in [0.1, 0.15) is 12.2 Å². The fourth-order valence-corrected chi connectivity index (χ4v) is 3.64. The molecule has 4 rings (SSSR count). The first kappa shape index (κ1) is 13.3. The molecule has 2 saturated heterocycles. The van der Waals surface area contributed by atoms with Crippen LogP contribution in [0.15, 0.2) is 42.5 Å². The lowest BCUT2D eigenvalue weighted by atomic mass is 9.99. The number of aliphatic hydroxyl groups is 1. The minimum absolute atomic E-state index is 0.111. The van der Waals surface area contributed by atoms with Crippen molar-refractivity contribution in [1.82, 2.24) is 4.90 Å². The van der Waals surface area contributed by atoms with Gasteiger partial charge in [-0.3, -0.25) is 4.90 Å². The van der Waals surface area contributed by atoms with Crippen molar-refractivity contribution in [3.05, 3.63) is 48.0 Å². The van der Waals surface area contributed by atoms with Crippen LogP contribution in [0.5, 0.6) is 0 Å². The van der Waals surface area contributed by atoms with E-state index in [1.807, 2.05) is 18.2 Å². The van der Waals surface area contributed by atoms with Crippen LogP contribution in [0.2, 0.25) is 0 Å². The summed E-state index contributed by atoms with van der Waals surface area (Å²) < 4.78 is 5.93. The summed E-state index contributed by atoms with van der Waals surface area (Å²) in [5.74, 6) is 0. The van der Waals surface area contributed by atoms with Gasteiger partial charge in [-0.1, -0.05) is 36.4 Å². The monoisotopic (exact) mass is 283 g/mol. The fourth-order valence-electron chi connectivity index (χ4n) is 3.64. The minimum atomic E-state index is -0.545. The second-order valence-corrected chi connectivity index (χ2v) is 6.21. The summed E-state index contributed by atoms with van der Waals surface area (Å²) in [7, 11) is 0. The highest BCUT2D eigenvalue weighted by atomic mass is 16.5. The first-order chi connectivity index (χ1) is 10.3. The molecule has 0 spiro atoms. The molecule has 0 radical (unpaired) electrons. The van der Waals surface area contributed by atoms with Gasteiger partial charge in [-0.05, 0) is 41.8 Å². The van der Waals surface area contributed by atoms with Crippen LogP contribution in [0.1, 0.15) is 24.5 Å². The van der Waals surface area contributed by atoms with Gasteiger partial charge in [0, 0.05) is 12.6 Å². The van der Waals surface area contributed by atoms with E-state index >= 15 is 0 Å². The Morgan fingerprint density at radius 2 is 2.00 bits per heavy atom. The molecule has 2 aromatic carbocycles. The van der Waals surface area contributed by atoms with Gasteiger partial charge in [0.05, 0.1) is 6.61 Å². The van der Waals surface area contributed by atoms with Gasteiger partial charge in [-0.2, -0.15) is 0 Å². The van der Waals surface area contributed by atoms with Gasteiger partial charge in [0.15, 0.2) is 0 Å². The number of ether oxygens (including phenoxy) is 1. The predicted octanol–water partition coefficient (Wildman–Crippen LogP) is 2.74. The smallest absolute Gasteiger partial charge is 0.106 e. The van der Waals surface area contributed by atoms with Gasteiger partial charge >= 0.3 is 0 Å². The molecule has 21 heavy (non-hydrogen) atoms. The molecule has 0 amide bonds. The molecule has 2 aliphatic heterocycles. The van der Waals surface area contributed by atoms with E-state index in [0.29, 0.717) is 6.04 Å². The highest BCUT2D eigenvalue weighted by Crippen LogP contribution is 2.30. The number of rotatable bonds is 2. The Labute approximate surface area is 125 Å². The first-order valence-corrected chi connectivity index (χ1v) is 7.84. The first-order valence-electron chi connectivity index (χ1n) is 7.84. The zero-order valence-corrected chi connectivity index (χ0v) is 12.1. The molecule has 2 heterocycles. The van der Waals surface area contributed by atoms with E-state index in [2.05, 4.69) is 29.2 Å². The van der Waals surface area contributed by atoms with Gasteiger partial charge in [-0.25, -0.2) is 0 Å². The maximum Gasteiger partial charge on any atom is 0.106 e. The molecule has 0 aliphatic carbocycles. The van der Waals surface area contributed by atoms with Crippen LogP contribution >= 0.6 is 0 Å². The van der Waals surface area contributed by atoms with Gasteiger partial charge in [0.25, 0.3) is 0 Å². The van der Waals surface area contributed by atoms with E-state index in [0.717, 1.165) is 25.3 Å². The SMILES string of the molecule is OC(c1ccc2ccccc2c1)C1CN2CCCC2CO1. The molecule has 110 valence electrons. The van der Waals surface area contributed by atoms with Crippen LogP contribution < -0.4 is 0 Å². The Hall–Kier alpha value is -1.42. The van der Waals surface area contributed by atoms with Crippen molar-refractivity contribution in [2.75, 3.05) is 19.7 Å². The Balaban J connectivity index is 1.56. The van der Waals surface area contributed by atoms with Crippen LogP contribution in [-0.2, 0) is 4.74 Å². The molecule has 3 nitrogen and oxygen atoms in total. The van der Waals surface area contributed by atoms with Crippen LogP contribution in [0.25, 0.3) is 10.8 Å². The molecule has 3 atom stereocenters. The third-order valence-corrected chi connectivity index (χ3v) is 4.88. The van der Waals surface area contributed by atoms with Gasteiger partial charge < -0.3 is 9.84 Å². The molecule has 0 saturated carbocycles. The van der Waals surface area contributed by atoms with Crippen LogP contribution in [0.3, 0.4) is 0 Å². The molecule has 3 heteroatoms. The average Bonchev–Trinajstić information content (AvgIpc) is 3.01. The third-order valence-electron chi connectivity index (χ3n) is 4.88. The normalized spacial score (nSPS) is 27.7. The second kappa shape index (κ2) is 5.41. The maximum absolute atomic E-state index is 10.7. The summed E-state index contributed by atoms with van der Waals surface area (Å²) in [4.78, 5) is 2.47. The summed E-state index contributed by atoms with van der Waals surface area (Å²) in [6.07, 6.45) is 1.84. The molecule has 2 aliphatic rings. The Morgan fingerprint density at radius 1 is 1.14 bits per heavy atom. The zero-order valence-electron chi connectivity index (χ0n) is 12.1. The summed E-state index contributed by atoms with van der Waals surface area (Å²) in [5, 5.41) is 13.0. The minimum Gasteiger partial charge on any atom is -0.386 e. The number of nitrogens with zero attached hydrogens (tertiary/aromatic N) is 1. The van der Waals surface area contributed by atoms with Crippen molar-refractivity contribution < 1.29 is 9.84 Å². The lowest BCUT2D eigenvalue weighted by molar-refractivity contribution is -0.103. The number of benzene rings is 2. The standard InChI is InChI=1S/C18H21NO2/c20-18(17-11-19-9-3-6-16(19)12-21-17)15-8-7-13-4-1-2-5-14(13)10-15/h1-2,4-5,7-8,10,16-18,20H,3,6,9,11-12H2. The highest BCUT2D eigenvalue weighted by Gasteiger charge is 2.35. The summed E-state index contributed by atoms with van der Waals surface area (Å²) in [5.41, 5.74) is 0.955. The Morgan fingerprint density at radius 3 is 2.90 bits per heavy atom. The van der Waals surface area contributed by atoms with Crippen molar-refractivity contribution in [2.45, 2.75) is 31.1 Å². The van der Waals surface area contributed by atoms with Gasteiger partial charge in [0.2, 0.25) is 0 Å². The maximum atomic E-state index is 10.7. The molecular formula is C18H21NO2. The molecule has 2 aromatic rings. The molecule has 2 fully saturated rings. The number of aliphatic hydroxyl groups excluding tert-OH is 1. The van der Waals surface area contributed by atoms with E-state index in [-0.39, 0.29) is 6.10 Å². The van der Waals surface area contributed by atoms with E-state index in [9.17, 15) is 5.11 Å². The zero-order chi connectivity index (χ0) is 14.2. The third kappa shape index (κ3) is 2.46. The molecule has 3 unspecified atom stereocenters. The number of hydrogen-bond acceptors (Lipinski definition) is 3. The molecule has 0 bridgehead atoms. The molecule has 0 aromatic heterocycles. The summed E-state index contributed by atoms with van der Waals surface area (Å²) in [6.45, 7) is 2.75. The van der Waals surface area contributed by atoms with Crippen molar-refractivity contribution in [2.24, 2.45) is 0 Å². The van der Waals surface area contributed by atoms with E-state index in [4.69, 9.17) is 4.74 Å². The number of hydrogen-bond donors (Lipinski definition) is 1. The summed E-state index contributed by atoms with van der Waals surface area (Å²) >= 11 is 0. The van der Waals surface area contributed by atoms with Crippen LogP contribution in [0.4, 0.5) is 0 Å². The molecular weight excluding hydrogens is 262 g/mol. The van der Waals surface area contributed by atoms with Crippen LogP contribution in [-0.4, -0.2) is 41.8 Å². The largest absolute Gasteiger partial charge is 0.386 e. The van der Waals surface area contributed by atoms with Gasteiger partial charge in [-0.15, -0.1) is 0 Å². The van der Waals surface area contributed by atoms with Crippen molar-refractivity contribution in [3.63, 3.8) is 0 Å². The lowest BCUT2D eigenvalue weighted by Gasteiger charge is -2.37. The number of fused-ring (bicyclic) bond motifs is 2. The topological polar surface area (TPSA) is 32.7 Å². The van der Waals surface area contributed by atoms with Crippen molar-refractivity contribution in [3.8, 4) is 0 Å². The van der Waals surface area contributed by atoms with Crippen molar-refractivity contribution in [1.29, 1.82) is 0 Å². The second-order valence-electron chi connectivity index (χ2n) is 6.21. The Bertz CT molecular complexity index is 642. The molecule has 1 N–H and O–H groups in total. The highest BCUT2D eigenvalue weighted by molar-refractivity contribution is 5.83. The van der Waals surface area contributed by atoms with E-state index in [1.165, 1.54) is 23.6 Å². The average molecular weight is 283 g/mol. The summed E-state index contributed by atoms with van der Waals surface area (Å²) in [6, 6.07) is 15.0. The Kier molecular flexibility index (Phi) is 3.42. The number of morpholine rings is 1.